The van der Waals surface area contributed by atoms with Crippen LogP contribution in [0.2, 0.25) is 0 Å². The Balaban J connectivity index is 2.35. The van der Waals surface area contributed by atoms with Crippen molar-refractivity contribution < 1.29 is 13.5 Å². The summed E-state index contributed by atoms with van der Waals surface area (Å²) in [4.78, 5) is 0. The molecule has 1 aromatic carbocycles. The first-order chi connectivity index (χ1) is 8.53. The highest BCUT2D eigenvalue weighted by Gasteiger charge is 2.13. The number of nitrogens with one attached hydrogen (secondary N) is 1. The molecule has 0 amide bonds. The summed E-state index contributed by atoms with van der Waals surface area (Å²) in [5.74, 6) is -0.0147. The van der Waals surface area contributed by atoms with Crippen LogP contribution in [0.4, 0.5) is 0 Å². The molecule has 1 unspecified atom stereocenters. The van der Waals surface area contributed by atoms with Gasteiger partial charge in [0.05, 0.1) is 5.75 Å². The molecule has 0 radical (unpaired) electrons. The van der Waals surface area contributed by atoms with Gasteiger partial charge >= 0.3 is 0 Å². The summed E-state index contributed by atoms with van der Waals surface area (Å²) >= 11 is 0. The molecule has 0 aliphatic carbocycles. The van der Waals surface area contributed by atoms with E-state index in [4.69, 9.17) is 5.11 Å². The van der Waals surface area contributed by atoms with Gasteiger partial charge in [-0.1, -0.05) is 30.3 Å². The van der Waals surface area contributed by atoms with E-state index in [1.54, 1.807) is 0 Å². The fraction of sp³-hybridized carbons (Fsp3) is 0.538. The third kappa shape index (κ3) is 6.14. The molecule has 0 bridgehead atoms. The van der Waals surface area contributed by atoms with Gasteiger partial charge in [0.1, 0.15) is 0 Å². The first kappa shape index (κ1) is 15.1. The van der Waals surface area contributed by atoms with E-state index in [1.165, 1.54) is 5.56 Å². The minimum atomic E-state index is -3.26. The molecule has 0 aromatic heterocycles. The van der Waals surface area contributed by atoms with Crippen LogP contribution in [0.3, 0.4) is 0 Å². The van der Waals surface area contributed by atoms with Crippen LogP contribution in [0.25, 0.3) is 0 Å². The minimum Gasteiger partial charge on any atom is -0.396 e. The number of aliphatic hydroxyl groups is 1. The molecular formula is C13H21NO3S. The summed E-state index contributed by atoms with van der Waals surface area (Å²) < 4.78 is 25.8. The molecule has 0 heterocycles. The highest BCUT2D eigenvalue weighted by molar-refractivity contribution is 7.89. The summed E-state index contributed by atoms with van der Waals surface area (Å²) in [6.07, 6.45) is 1.90. The molecule has 4 nitrogen and oxygen atoms in total. The third-order valence-electron chi connectivity index (χ3n) is 2.66. The van der Waals surface area contributed by atoms with E-state index in [1.807, 2.05) is 37.3 Å². The van der Waals surface area contributed by atoms with Crippen LogP contribution in [0.1, 0.15) is 25.3 Å². The van der Waals surface area contributed by atoms with Gasteiger partial charge < -0.3 is 5.11 Å². The largest absolute Gasteiger partial charge is 0.396 e. The monoisotopic (exact) mass is 271 g/mol. The van der Waals surface area contributed by atoms with Crippen molar-refractivity contribution in [3.8, 4) is 0 Å². The number of benzene rings is 1. The number of aliphatic hydroxyl groups excluding tert-OH is 1. The second kappa shape index (κ2) is 7.51. The van der Waals surface area contributed by atoms with Gasteiger partial charge in [-0.25, -0.2) is 13.1 Å². The molecule has 0 spiro atoms. The van der Waals surface area contributed by atoms with Crippen LogP contribution in [0.15, 0.2) is 30.3 Å². The number of hydrogen-bond acceptors (Lipinski definition) is 3. The van der Waals surface area contributed by atoms with Crippen LogP contribution in [-0.2, 0) is 16.4 Å². The number of hydrogen-bond donors (Lipinski definition) is 2. The van der Waals surface area contributed by atoms with E-state index in [9.17, 15) is 8.42 Å². The third-order valence-corrected chi connectivity index (χ3v) is 4.25. The Bertz CT molecular complexity index is 431. The Labute approximate surface area is 109 Å². The Hall–Kier alpha value is -0.910. The van der Waals surface area contributed by atoms with Gasteiger partial charge in [0.15, 0.2) is 0 Å². The maximum atomic E-state index is 11.6. The van der Waals surface area contributed by atoms with Crippen molar-refractivity contribution in [1.29, 1.82) is 0 Å². The molecule has 1 aromatic rings. The van der Waals surface area contributed by atoms with Gasteiger partial charge in [0, 0.05) is 12.6 Å². The molecule has 5 heteroatoms. The molecule has 1 rings (SSSR count). The van der Waals surface area contributed by atoms with Crippen LogP contribution in [-0.4, -0.2) is 31.9 Å². The van der Waals surface area contributed by atoms with E-state index < -0.39 is 10.0 Å². The molecule has 0 saturated carbocycles. The van der Waals surface area contributed by atoms with Crippen LogP contribution in [0.5, 0.6) is 0 Å². The quantitative estimate of drug-likeness (QED) is 0.749. The summed E-state index contributed by atoms with van der Waals surface area (Å²) in [5.41, 5.74) is 1.21. The van der Waals surface area contributed by atoms with Gasteiger partial charge in [-0.15, -0.1) is 0 Å². The normalized spacial score (nSPS) is 13.4. The molecule has 1 atom stereocenters. The maximum absolute atomic E-state index is 11.6. The molecule has 102 valence electrons. The molecule has 0 aliphatic rings. The van der Waals surface area contributed by atoms with Crippen molar-refractivity contribution >= 4 is 10.0 Å². The number of rotatable bonds is 8. The van der Waals surface area contributed by atoms with Crippen molar-refractivity contribution in [3.05, 3.63) is 35.9 Å². The topological polar surface area (TPSA) is 66.4 Å². The smallest absolute Gasteiger partial charge is 0.211 e. The zero-order valence-corrected chi connectivity index (χ0v) is 11.5. The second-order valence-electron chi connectivity index (χ2n) is 4.44. The average molecular weight is 271 g/mol. The highest BCUT2D eigenvalue weighted by Crippen LogP contribution is 2.05. The van der Waals surface area contributed by atoms with E-state index >= 15 is 0 Å². The number of sulfonamides is 1. The standard InChI is InChI=1S/C13H21NO3S/c1-12(14-18(16,17)11-5-10-15)8-9-13-6-3-2-4-7-13/h2-4,6-7,12,14-15H,5,8-11H2,1H3. The van der Waals surface area contributed by atoms with Crippen LogP contribution in [0, 0.1) is 0 Å². The Morgan fingerprint density at radius 2 is 1.94 bits per heavy atom. The maximum Gasteiger partial charge on any atom is 0.211 e. The molecule has 0 saturated heterocycles. The summed E-state index contributed by atoms with van der Waals surface area (Å²) in [7, 11) is -3.26. The zero-order valence-electron chi connectivity index (χ0n) is 10.7. The van der Waals surface area contributed by atoms with Crippen molar-refractivity contribution in [2.24, 2.45) is 0 Å². The second-order valence-corrected chi connectivity index (χ2v) is 6.31. The SMILES string of the molecule is CC(CCc1ccccc1)NS(=O)(=O)CCCO. The zero-order chi connectivity index (χ0) is 13.4. The first-order valence-electron chi connectivity index (χ1n) is 6.18. The van der Waals surface area contributed by atoms with Crippen molar-refractivity contribution in [2.75, 3.05) is 12.4 Å². The summed E-state index contributed by atoms with van der Waals surface area (Å²) in [5, 5.41) is 8.62. The van der Waals surface area contributed by atoms with E-state index in [-0.39, 0.29) is 24.8 Å². The Kier molecular flexibility index (Phi) is 6.32. The lowest BCUT2D eigenvalue weighted by atomic mass is 10.1. The number of aryl methyl sites for hydroxylation is 1. The van der Waals surface area contributed by atoms with Gasteiger partial charge in [-0.2, -0.15) is 0 Å². The van der Waals surface area contributed by atoms with E-state index in [0.29, 0.717) is 0 Å². The summed E-state index contributed by atoms with van der Waals surface area (Å²) in [6, 6.07) is 9.90. The fourth-order valence-electron chi connectivity index (χ4n) is 1.71. The lowest BCUT2D eigenvalue weighted by Gasteiger charge is -2.13. The summed E-state index contributed by atoms with van der Waals surface area (Å²) in [6.45, 7) is 1.76. The molecular weight excluding hydrogens is 250 g/mol. The van der Waals surface area contributed by atoms with Crippen molar-refractivity contribution in [3.63, 3.8) is 0 Å². The van der Waals surface area contributed by atoms with Gasteiger partial charge in [0.25, 0.3) is 0 Å². The molecule has 18 heavy (non-hydrogen) atoms. The van der Waals surface area contributed by atoms with Crippen LogP contribution < -0.4 is 4.72 Å². The first-order valence-corrected chi connectivity index (χ1v) is 7.83. The molecule has 0 fully saturated rings. The molecule has 0 aliphatic heterocycles. The van der Waals surface area contributed by atoms with Crippen LogP contribution >= 0.6 is 0 Å². The highest BCUT2D eigenvalue weighted by atomic mass is 32.2. The predicted octanol–water partition coefficient (Wildman–Crippen LogP) is 1.31. The van der Waals surface area contributed by atoms with Gasteiger partial charge in [-0.05, 0) is 31.7 Å². The van der Waals surface area contributed by atoms with Gasteiger partial charge in [0.2, 0.25) is 10.0 Å². The van der Waals surface area contributed by atoms with E-state index in [2.05, 4.69) is 4.72 Å². The van der Waals surface area contributed by atoms with E-state index in [0.717, 1.165) is 12.8 Å². The average Bonchev–Trinajstić information content (AvgIpc) is 2.35. The minimum absolute atomic E-state index is 0.0147. The Morgan fingerprint density at radius 3 is 2.56 bits per heavy atom. The fourth-order valence-corrected chi connectivity index (χ4v) is 3.06. The Morgan fingerprint density at radius 1 is 1.28 bits per heavy atom. The van der Waals surface area contributed by atoms with Crippen molar-refractivity contribution in [1.82, 2.24) is 4.72 Å². The lowest BCUT2D eigenvalue weighted by molar-refractivity contribution is 0.295. The van der Waals surface area contributed by atoms with Gasteiger partial charge in [-0.3, -0.25) is 0 Å². The predicted molar refractivity (Wildman–Crippen MR) is 72.9 cm³/mol. The van der Waals surface area contributed by atoms with Crippen molar-refractivity contribution in [2.45, 2.75) is 32.2 Å². The molecule has 2 N–H and O–H groups in total. The lowest BCUT2D eigenvalue weighted by Crippen LogP contribution is -2.34.